The normalized spacial score (nSPS) is 12.9. The Morgan fingerprint density at radius 1 is 1.09 bits per heavy atom. The van der Waals surface area contributed by atoms with E-state index in [0.29, 0.717) is 33.5 Å². The van der Waals surface area contributed by atoms with Crippen LogP contribution in [0.25, 0.3) is 22.2 Å². The molecule has 2 aromatic carbocycles. The van der Waals surface area contributed by atoms with Crippen LogP contribution >= 0.6 is 11.6 Å². The lowest BCUT2D eigenvalue weighted by molar-refractivity contribution is -0.0500. The van der Waals surface area contributed by atoms with Crippen LogP contribution in [0.15, 0.2) is 39.7 Å². The van der Waals surface area contributed by atoms with E-state index in [-0.39, 0.29) is 39.7 Å². The van der Waals surface area contributed by atoms with Gasteiger partial charge >= 0.3 is 15.6 Å². The zero-order valence-corrected chi connectivity index (χ0v) is 25.5. The highest BCUT2D eigenvalue weighted by molar-refractivity contribution is 7.88. The summed E-state index contributed by atoms with van der Waals surface area (Å²) in [4.78, 5) is 33.4. The van der Waals surface area contributed by atoms with Crippen molar-refractivity contribution in [3.63, 3.8) is 0 Å². The van der Waals surface area contributed by atoms with Gasteiger partial charge in [0.2, 0.25) is 5.28 Å². The fourth-order valence-electron chi connectivity index (χ4n) is 4.78. The molecule has 228 valence electrons. The molecule has 4 rings (SSSR count). The fourth-order valence-corrected chi connectivity index (χ4v) is 5.39. The summed E-state index contributed by atoms with van der Waals surface area (Å²) in [5, 5.41) is 3.54. The second-order valence-electron chi connectivity index (χ2n) is 10.3. The lowest BCUT2D eigenvalue weighted by Gasteiger charge is -2.21. The summed E-state index contributed by atoms with van der Waals surface area (Å²) in [6.45, 7) is 10.7. The molecule has 9 nitrogen and oxygen atoms in total. The number of nitrogens with one attached hydrogen (secondary N) is 1. The van der Waals surface area contributed by atoms with E-state index < -0.39 is 33.0 Å². The van der Waals surface area contributed by atoms with Gasteiger partial charge in [0, 0.05) is 22.6 Å². The Kier molecular flexibility index (Phi) is 8.63. The maximum absolute atomic E-state index is 13.2. The van der Waals surface area contributed by atoms with Gasteiger partial charge in [-0.05, 0) is 68.6 Å². The first-order valence-corrected chi connectivity index (χ1v) is 14.7. The molecule has 0 aliphatic carbocycles. The Morgan fingerprint density at radius 3 is 2.37 bits per heavy atom. The number of aryl methyl sites for hydroxylation is 1. The number of hydrogen-bond acceptors (Lipinski definition) is 9. The molecule has 4 aromatic rings. The molecule has 1 unspecified atom stereocenters. The van der Waals surface area contributed by atoms with Crippen LogP contribution < -0.4 is 14.9 Å². The highest BCUT2D eigenvalue weighted by Gasteiger charge is 2.49. The molecule has 2 heterocycles. The van der Waals surface area contributed by atoms with Crippen LogP contribution in [0, 0.1) is 20.8 Å². The number of nitrogens with zero attached hydrogens (tertiary/aromatic N) is 2. The van der Waals surface area contributed by atoms with Crippen LogP contribution in [0.5, 0.6) is 5.75 Å². The zero-order chi connectivity index (χ0) is 32.0. The molecule has 0 aliphatic heterocycles. The van der Waals surface area contributed by atoms with Crippen LogP contribution in [0.3, 0.4) is 0 Å². The first kappa shape index (κ1) is 32.0. The van der Waals surface area contributed by atoms with Crippen molar-refractivity contribution in [2.75, 3.05) is 5.32 Å². The lowest BCUT2D eigenvalue weighted by atomic mass is 9.97. The smallest absolute Gasteiger partial charge is 0.460 e. The first-order valence-electron chi connectivity index (χ1n) is 12.9. The second-order valence-corrected chi connectivity index (χ2v) is 12.2. The first-order chi connectivity index (χ1) is 20.0. The van der Waals surface area contributed by atoms with Gasteiger partial charge in [0.15, 0.2) is 17.5 Å². The molecule has 0 amide bonds. The molecule has 0 spiro atoms. The van der Waals surface area contributed by atoms with Crippen molar-refractivity contribution in [1.29, 1.82) is 0 Å². The molecule has 0 aliphatic rings. The van der Waals surface area contributed by atoms with Gasteiger partial charge in [0.05, 0.1) is 34.6 Å². The summed E-state index contributed by atoms with van der Waals surface area (Å²) < 4.78 is 72.4. The standard InChI is InChI=1S/C29H27ClF3N3O6S/c1-13(2)26-16(5)25(38)20-10-14(3)9-19(27(20)41-26)17(6)35-22-11-34-28(30)36-24(22)18-7-8-23(21(12-37)15(18)4)42-43(39,40)29(31,32)33/h7-13,17,35H,1-6H3. The predicted octanol–water partition coefficient (Wildman–Crippen LogP) is 7.17. The summed E-state index contributed by atoms with van der Waals surface area (Å²) in [7, 11) is -6.02. The average molecular weight is 638 g/mol. The number of alkyl halides is 3. The molecular weight excluding hydrogens is 611 g/mol. The number of aromatic nitrogens is 2. The number of carbonyl (C=O) groups excluding carboxylic acids is 1. The summed E-state index contributed by atoms with van der Waals surface area (Å²) in [6.07, 6.45) is 1.57. The van der Waals surface area contributed by atoms with Crippen molar-refractivity contribution in [3.8, 4) is 17.0 Å². The van der Waals surface area contributed by atoms with Crippen molar-refractivity contribution in [3.05, 3.63) is 79.5 Å². The molecular formula is C29H27ClF3N3O6S. The topological polar surface area (TPSA) is 128 Å². The number of aldehydes is 1. The number of benzene rings is 2. The minimum absolute atomic E-state index is 0.0427. The van der Waals surface area contributed by atoms with Gasteiger partial charge in [-0.25, -0.2) is 9.97 Å². The number of fused-ring (bicyclic) bond motifs is 1. The maximum atomic E-state index is 13.2. The van der Waals surface area contributed by atoms with E-state index in [4.69, 9.17) is 16.0 Å². The fraction of sp³-hybridized carbons (Fsp3) is 0.310. The Hall–Kier alpha value is -3.97. The molecule has 1 atom stereocenters. The van der Waals surface area contributed by atoms with Gasteiger partial charge in [-0.3, -0.25) is 9.59 Å². The quantitative estimate of drug-likeness (QED) is 0.0925. The zero-order valence-electron chi connectivity index (χ0n) is 23.9. The molecule has 0 saturated carbocycles. The van der Waals surface area contributed by atoms with Gasteiger partial charge < -0.3 is 13.9 Å². The third kappa shape index (κ3) is 6.09. The molecule has 0 bridgehead atoms. The summed E-state index contributed by atoms with van der Waals surface area (Å²) >= 11 is 6.09. The molecule has 0 saturated heterocycles. The van der Waals surface area contributed by atoms with E-state index in [1.54, 1.807) is 13.0 Å². The number of anilines is 1. The maximum Gasteiger partial charge on any atom is 0.534 e. The highest BCUT2D eigenvalue weighted by Crippen LogP contribution is 2.38. The van der Waals surface area contributed by atoms with Crippen molar-refractivity contribution >= 4 is 44.7 Å². The van der Waals surface area contributed by atoms with E-state index in [1.807, 2.05) is 33.8 Å². The molecule has 43 heavy (non-hydrogen) atoms. The minimum atomic E-state index is -6.02. The van der Waals surface area contributed by atoms with Gasteiger partial charge in [-0.2, -0.15) is 21.6 Å². The summed E-state index contributed by atoms with van der Waals surface area (Å²) in [5.74, 6) is -0.273. The van der Waals surface area contributed by atoms with Crippen LogP contribution in [-0.2, 0) is 10.1 Å². The average Bonchev–Trinajstić information content (AvgIpc) is 2.91. The van der Waals surface area contributed by atoms with Crippen LogP contribution in [0.1, 0.15) is 71.1 Å². The highest BCUT2D eigenvalue weighted by atomic mass is 35.5. The minimum Gasteiger partial charge on any atom is -0.460 e. The Bertz CT molecular complexity index is 1920. The van der Waals surface area contributed by atoms with Gasteiger partial charge in [-0.1, -0.05) is 19.9 Å². The van der Waals surface area contributed by atoms with Crippen molar-refractivity contribution in [2.24, 2.45) is 0 Å². The number of hydrogen-bond donors (Lipinski definition) is 1. The summed E-state index contributed by atoms with van der Waals surface area (Å²) in [5.41, 5.74) is -3.00. The Balaban J connectivity index is 1.83. The number of carbonyl (C=O) groups is 1. The van der Waals surface area contributed by atoms with Gasteiger partial charge in [0.1, 0.15) is 11.3 Å². The van der Waals surface area contributed by atoms with Crippen LogP contribution in [0.4, 0.5) is 18.9 Å². The molecule has 1 N–H and O–H groups in total. The van der Waals surface area contributed by atoms with E-state index in [9.17, 15) is 31.2 Å². The van der Waals surface area contributed by atoms with E-state index in [1.165, 1.54) is 19.2 Å². The molecule has 2 aromatic heterocycles. The van der Waals surface area contributed by atoms with Crippen molar-refractivity contribution in [1.82, 2.24) is 9.97 Å². The predicted molar refractivity (Wildman–Crippen MR) is 156 cm³/mol. The van der Waals surface area contributed by atoms with E-state index in [2.05, 4.69) is 19.5 Å². The summed E-state index contributed by atoms with van der Waals surface area (Å²) in [6, 6.07) is 5.33. The monoisotopic (exact) mass is 637 g/mol. The Morgan fingerprint density at radius 2 is 1.77 bits per heavy atom. The Labute approximate surface area is 250 Å². The third-order valence-corrected chi connectivity index (χ3v) is 8.03. The molecule has 0 fully saturated rings. The number of rotatable bonds is 8. The van der Waals surface area contributed by atoms with Crippen molar-refractivity contribution in [2.45, 2.75) is 59.0 Å². The van der Waals surface area contributed by atoms with Crippen molar-refractivity contribution < 1.29 is 35.0 Å². The lowest BCUT2D eigenvalue weighted by Crippen LogP contribution is -2.28. The SMILES string of the molecule is Cc1cc(C(C)Nc2cnc(Cl)nc2-c2ccc(OS(=O)(=O)C(F)(F)F)c(C=O)c2C)c2oc(C(C)C)c(C)c(=O)c2c1. The van der Waals surface area contributed by atoms with E-state index in [0.717, 1.165) is 11.6 Å². The van der Waals surface area contributed by atoms with Gasteiger partial charge in [0.25, 0.3) is 0 Å². The van der Waals surface area contributed by atoms with E-state index >= 15 is 0 Å². The molecule has 0 radical (unpaired) electrons. The largest absolute Gasteiger partial charge is 0.534 e. The van der Waals surface area contributed by atoms with Gasteiger partial charge in [-0.15, -0.1) is 0 Å². The second kappa shape index (κ2) is 11.6. The van der Waals surface area contributed by atoms with Crippen LogP contribution in [-0.4, -0.2) is 30.2 Å². The third-order valence-electron chi connectivity index (χ3n) is 6.88. The van der Waals surface area contributed by atoms with Crippen LogP contribution in [0.2, 0.25) is 5.28 Å². The molecule has 14 heteroatoms. The number of halogens is 4.